The van der Waals surface area contributed by atoms with Crippen molar-refractivity contribution < 1.29 is 9.53 Å². The van der Waals surface area contributed by atoms with E-state index in [-0.39, 0.29) is 17.6 Å². The number of hydrogen-bond donors (Lipinski definition) is 1. The van der Waals surface area contributed by atoms with Gasteiger partial charge in [-0.1, -0.05) is 18.2 Å². The lowest BCUT2D eigenvalue weighted by molar-refractivity contribution is -0.128. The fourth-order valence-corrected chi connectivity index (χ4v) is 2.43. The molecule has 2 rings (SSSR count). The molecule has 0 spiro atoms. The molecule has 1 heterocycles. The molecule has 19 heavy (non-hydrogen) atoms. The normalized spacial score (nSPS) is 19.7. The van der Waals surface area contributed by atoms with Crippen molar-refractivity contribution in [3.63, 3.8) is 0 Å². The third kappa shape index (κ3) is 2.89. The van der Waals surface area contributed by atoms with Crippen LogP contribution in [-0.4, -0.2) is 37.0 Å². The summed E-state index contributed by atoms with van der Waals surface area (Å²) in [5, 5.41) is 3.44. The fourth-order valence-electron chi connectivity index (χ4n) is 2.43. The summed E-state index contributed by atoms with van der Waals surface area (Å²) in [7, 11) is 3.56. The largest absolute Gasteiger partial charge is 0.486 e. The standard InChI is InChI=1S/C15H22N2O2/c1-15(2)14(16-10-9-13(18)17(3)4)11-7-5-6-8-12(11)19-15/h5-8,14,16H,9-10H2,1-4H3. The van der Waals surface area contributed by atoms with Gasteiger partial charge in [0.2, 0.25) is 5.91 Å². The maximum atomic E-state index is 11.6. The first-order valence-corrected chi connectivity index (χ1v) is 6.63. The number of amides is 1. The highest BCUT2D eigenvalue weighted by Crippen LogP contribution is 2.42. The Morgan fingerprint density at radius 2 is 2.05 bits per heavy atom. The third-order valence-corrected chi connectivity index (χ3v) is 3.48. The van der Waals surface area contributed by atoms with E-state index in [4.69, 9.17) is 4.74 Å². The van der Waals surface area contributed by atoms with Crippen molar-refractivity contribution in [2.45, 2.75) is 31.9 Å². The van der Waals surface area contributed by atoms with Crippen molar-refractivity contribution in [1.29, 1.82) is 0 Å². The molecule has 0 bridgehead atoms. The number of benzene rings is 1. The molecule has 0 saturated carbocycles. The Morgan fingerprint density at radius 3 is 2.74 bits per heavy atom. The lowest BCUT2D eigenvalue weighted by Gasteiger charge is -2.27. The van der Waals surface area contributed by atoms with Crippen LogP contribution in [0.4, 0.5) is 0 Å². The van der Waals surface area contributed by atoms with Crippen molar-refractivity contribution in [3.05, 3.63) is 29.8 Å². The van der Waals surface area contributed by atoms with Gasteiger partial charge < -0.3 is 15.0 Å². The molecule has 1 aliphatic heterocycles. The van der Waals surface area contributed by atoms with Gasteiger partial charge in [-0.3, -0.25) is 4.79 Å². The predicted molar refractivity (Wildman–Crippen MR) is 75.2 cm³/mol. The monoisotopic (exact) mass is 262 g/mol. The number of ether oxygens (including phenoxy) is 1. The number of rotatable bonds is 4. The molecule has 1 atom stereocenters. The molecule has 0 fully saturated rings. The quantitative estimate of drug-likeness (QED) is 0.902. The first-order valence-electron chi connectivity index (χ1n) is 6.63. The van der Waals surface area contributed by atoms with Crippen LogP contribution in [0.15, 0.2) is 24.3 Å². The molecule has 4 heteroatoms. The average Bonchev–Trinajstić information content (AvgIpc) is 2.60. The maximum Gasteiger partial charge on any atom is 0.223 e. The second-order valence-corrected chi connectivity index (χ2v) is 5.67. The van der Waals surface area contributed by atoms with Gasteiger partial charge in [0, 0.05) is 32.6 Å². The number of nitrogens with zero attached hydrogens (tertiary/aromatic N) is 1. The summed E-state index contributed by atoms with van der Waals surface area (Å²) >= 11 is 0. The van der Waals surface area contributed by atoms with Crippen LogP contribution in [0.2, 0.25) is 0 Å². The minimum absolute atomic E-state index is 0.124. The molecule has 1 amide bonds. The zero-order chi connectivity index (χ0) is 14.0. The fraction of sp³-hybridized carbons (Fsp3) is 0.533. The summed E-state index contributed by atoms with van der Waals surface area (Å²) < 4.78 is 5.95. The Balaban J connectivity index is 2.01. The van der Waals surface area contributed by atoms with Crippen molar-refractivity contribution in [2.24, 2.45) is 0 Å². The Kier molecular flexibility index (Phi) is 3.80. The molecule has 4 nitrogen and oxygen atoms in total. The zero-order valence-corrected chi connectivity index (χ0v) is 12.1. The number of hydrogen-bond acceptors (Lipinski definition) is 3. The SMILES string of the molecule is CN(C)C(=O)CCNC1c2ccccc2OC1(C)C. The Hall–Kier alpha value is -1.55. The highest BCUT2D eigenvalue weighted by Gasteiger charge is 2.40. The minimum Gasteiger partial charge on any atom is -0.486 e. The third-order valence-electron chi connectivity index (χ3n) is 3.48. The smallest absolute Gasteiger partial charge is 0.223 e. The van der Waals surface area contributed by atoms with E-state index in [1.165, 1.54) is 5.56 Å². The first-order chi connectivity index (χ1) is 8.92. The molecular weight excluding hydrogens is 240 g/mol. The van der Waals surface area contributed by atoms with Crippen LogP contribution in [0.5, 0.6) is 5.75 Å². The Bertz CT molecular complexity index is 469. The Morgan fingerprint density at radius 1 is 1.37 bits per heavy atom. The van der Waals surface area contributed by atoms with E-state index in [9.17, 15) is 4.79 Å². The van der Waals surface area contributed by atoms with Gasteiger partial charge in [0.05, 0.1) is 6.04 Å². The second kappa shape index (κ2) is 5.21. The van der Waals surface area contributed by atoms with Gasteiger partial charge in [0.25, 0.3) is 0 Å². The Labute approximate surface area is 114 Å². The van der Waals surface area contributed by atoms with E-state index >= 15 is 0 Å². The van der Waals surface area contributed by atoms with E-state index in [2.05, 4.69) is 25.2 Å². The van der Waals surface area contributed by atoms with Gasteiger partial charge >= 0.3 is 0 Å². The van der Waals surface area contributed by atoms with Crippen LogP contribution >= 0.6 is 0 Å². The van der Waals surface area contributed by atoms with Gasteiger partial charge in [0.1, 0.15) is 11.4 Å². The molecule has 0 radical (unpaired) electrons. The molecule has 1 aliphatic rings. The molecule has 1 unspecified atom stereocenters. The molecule has 0 saturated heterocycles. The molecule has 1 aromatic carbocycles. The summed E-state index contributed by atoms with van der Waals surface area (Å²) in [5.41, 5.74) is 0.884. The summed E-state index contributed by atoms with van der Waals surface area (Å²) in [4.78, 5) is 13.2. The van der Waals surface area contributed by atoms with Crippen molar-refractivity contribution >= 4 is 5.91 Å². The number of fused-ring (bicyclic) bond motifs is 1. The van der Waals surface area contributed by atoms with E-state index < -0.39 is 0 Å². The van der Waals surface area contributed by atoms with Gasteiger partial charge in [0.15, 0.2) is 0 Å². The second-order valence-electron chi connectivity index (χ2n) is 5.67. The maximum absolute atomic E-state index is 11.6. The van der Waals surface area contributed by atoms with E-state index in [1.807, 2.05) is 18.2 Å². The van der Waals surface area contributed by atoms with Crippen LogP contribution in [0.1, 0.15) is 31.9 Å². The van der Waals surface area contributed by atoms with Crippen molar-refractivity contribution in [1.82, 2.24) is 10.2 Å². The summed E-state index contributed by atoms with van der Waals surface area (Å²) in [6.45, 7) is 4.79. The van der Waals surface area contributed by atoms with E-state index in [0.717, 1.165) is 5.75 Å². The summed E-state index contributed by atoms with van der Waals surface area (Å²) in [6.07, 6.45) is 0.502. The van der Waals surface area contributed by atoms with Crippen molar-refractivity contribution in [3.8, 4) is 5.75 Å². The molecule has 0 aliphatic carbocycles. The highest BCUT2D eigenvalue weighted by atomic mass is 16.5. The van der Waals surface area contributed by atoms with Crippen LogP contribution < -0.4 is 10.1 Å². The van der Waals surface area contributed by atoms with Gasteiger partial charge in [-0.05, 0) is 19.9 Å². The van der Waals surface area contributed by atoms with Crippen LogP contribution in [0.25, 0.3) is 0 Å². The molecule has 1 N–H and O–H groups in total. The summed E-state index contributed by atoms with van der Waals surface area (Å²) in [6, 6.07) is 8.19. The molecule has 0 aromatic heterocycles. The van der Waals surface area contributed by atoms with Gasteiger partial charge in [-0.25, -0.2) is 0 Å². The zero-order valence-electron chi connectivity index (χ0n) is 12.1. The van der Waals surface area contributed by atoms with Gasteiger partial charge in [-0.15, -0.1) is 0 Å². The van der Waals surface area contributed by atoms with E-state index in [1.54, 1.807) is 19.0 Å². The first kappa shape index (κ1) is 13.9. The predicted octanol–water partition coefficient (Wildman–Crippen LogP) is 1.97. The highest BCUT2D eigenvalue weighted by molar-refractivity contribution is 5.75. The average molecular weight is 262 g/mol. The lowest BCUT2D eigenvalue weighted by atomic mass is 9.94. The minimum atomic E-state index is -0.287. The number of nitrogens with one attached hydrogen (secondary N) is 1. The van der Waals surface area contributed by atoms with Crippen LogP contribution in [0.3, 0.4) is 0 Å². The number of carbonyl (C=O) groups is 1. The van der Waals surface area contributed by atoms with Crippen LogP contribution in [0, 0.1) is 0 Å². The molecule has 1 aromatic rings. The number of para-hydroxylation sites is 1. The molecule has 104 valence electrons. The van der Waals surface area contributed by atoms with Crippen LogP contribution in [-0.2, 0) is 4.79 Å². The van der Waals surface area contributed by atoms with Crippen molar-refractivity contribution in [2.75, 3.05) is 20.6 Å². The van der Waals surface area contributed by atoms with E-state index in [0.29, 0.717) is 13.0 Å². The van der Waals surface area contributed by atoms with Gasteiger partial charge in [-0.2, -0.15) is 0 Å². The number of carbonyl (C=O) groups excluding carboxylic acids is 1. The lowest BCUT2D eigenvalue weighted by Crippen LogP contribution is -2.40. The summed E-state index contributed by atoms with van der Waals surface area (Å²) in [5.74, 6) is 1.07. The topological polar surface area (TPSA) is 41.6 Å². The molecular formula is C15H22N2O2.